The van der Waals surface area contributed by atoms with Crippen LogP contribution in [0.5, 0.6) is 0 Å². The van der Waals surface area contributed by atoms with Gasteiger partial charge in [-0.3, -0.25) is 19.7 Å². The molecule has 2 rings (SSSR count). The quantitative estimate of drug-likeness (QED) is 0.606. The van der Waals surface area contributed by atoms with Crippen LogP contribution in [0.25, 0.3) is 0 Å². The van der Waals surface area contributed by atoms with Gasteiger partial charge < -0.3 is 10.2 Å². The third-order valence-electron chi connectivity index (χ3n) is 3.68. The molecule has 0 aliphatic heterocycles. The molecule has 2 amide bonds. The van der Waals surface area contributed by atoms with E-state index in [1.807, 2.05) is 17.5 Å². The fourth-order valence-corrected chi connectivity index (χ4v) is 2.98. The summed E-state index contributed by atoms with van der Waals surface area (Å²) in [7, 11) is 0. The van der Waals surface area contributed by atoms with Gasteiger partial charge in [-0.25, -0.2) is 0 Å². The molecule has 1 heterocycles. The van der Waals surface area contributed by atoms with Crippen LogP contribution in [0.1, 0.15) is 27.7 Å². The molecule has 0 spiro atoms. The average molecular weight is 361 g/mol. The minimum atomic E-state index is -0.487. The SMILES string of the molecule is CCN(CC(=O)NCc1cccs1)C(=O)c1ccc([N+](=O)[O-])c(C)c1. The number of carbonyl (C=O) groups excluding carboxylic acids is 2. The predicted octanol–water partition coefficient (Wildman–Crippen LogP) is 2.74. The lowest BCUT2D eigenvalue weighted by molar-refractivity contribution is -0.385. The minimum absolute atomic E-state index is 0.0340. The van der Waals surface area contributed by atoms with Gasteiger partial charge in [0.25, 0.3) is 11.6 Å². The number of aryl methyl sites for hydroxylation is 1. The van der Waals surface area contributed by atoms with Crippen LogP contribution in [0.3, 0.4) is 0 Å². The molecule has 7 nitrogen and oxygen atoms in total. The van der Waals surface area contributed by atoms with Crippen LogP contribution in [0.2, 0.25) is 0 Å². The van der Waals surface area contributed by atoms with Crippen LogP contribution in [-0.4, -0.2) is 34.7 Å². The Morgan fingerprint density at radius 2 is 2.08 bits per heavy atom. The first-order valence-electron chi connectivity index (χ1n) is 7.75. The molecule has 0 aliphatic carbocycles. The zero-order chi connectivity index (χ0) is 18.4. The fraction of sp³-hybridized carbons (Fsp3) is 0.294. The number of nitrogens with zero attached hydrogens (tertiary/aromatic N) is 2. The van der Waals surface area contributed by atoms with Gasteiger partial charge in [-0.2, -0.15) is 0 Å². The van der Waals surface area contributed by atoms with Gasteiger partial charge >= 0.3 is 0 Å². The maximum atomic E-state index is 12.6. The Labute approximate surface area is 149 Å². The van der Waals surface area contributed by atoms with Gasteiger partial charge in [-0.15, -0.1) is 11.3 Å². The van der Waals surface area contributed by atoms with Gasteiger partial charge in [-0.1, -0.05) is 6.07 Å². The van der Waals surface area contributed by atoms with Gasteiger partial charge in [0.2, 0.25) is 5.91 Å². The molecule has 1 N–H and O–H groups in total. The number of likely N-dealkylation sites (N-methyl/N-ethyl adjacent to an activating group) is 1. The van der Waals surface area contributed by atoms with Crippen molar-refractivity contribution in [3.8, 4) is 0 Å². The van der Waals surface area contributed by atoms with Crippen molar-refractivity contribution in [3.63, 3.8) is 0 Å². The van der Waals surface area contributed by atoms with E-state index >= 15 is 0 Å². The highest BCUT2D eigenvalue weighted by atomic mass is 32.1. The summed E-state index contributed by atoms with van der Waals surface area (Å²) in [5, 5.41) is 15.6. The summed E-state index contributed by atoms with van der Waals surface area (Å²) in [5.74, 6) is -0.575. The lowest BCUT2D eigenvalue weighted by atomic mass is 10.1. The number of hydrogen-bond donors (Lipinski definition) is 1. The number of nitro groups is 1. The number of nitro benzene ring substituents is 1. The number of amides is 2. The van der Waals surface area contributed by atoms with Crippen molar-refractivity contribution in [1.29, 1.82) is 0 Å². The Kier molecular flexibility index (Phi) is 6.24. The van der Waals surface area contributed by atoms with Crippen molar-refractivity contribution in [2.45, 2.75) is 20.4 Å². The number of hydrogen-bond acceptors (Lipinski definition) is 5. The van der Waals surface area contributed by atoms with E-state index in [1.165, 1.54) is 23.1 Å². The molecule has 0 bridgehead atoms. The van der Waals surface area contributed by atoms with Gasteiger partial charge in [0.05, 0.1) is 18.0 Å². The predicted molar refractivity (Wildman–Crippen MR) is 95.6 cm³/mol. The molecule has 1 aromatic heterocycles. The Balaban J connectivity index is 2.01. The van der Waals surface area contributed by atoms with Crippen LogP contribution in [-0.2, 0) is 11.3 Å². The van der Waals surface area contributed by atoms with E-state index in [0.717, 1.165) is 4.88 Å². The van der Waals surface area contributed by atoms with E-state index < -0.39 is 4.92 Å². The molecule has 0 radical (unpaired) electrons. The summed E-state index contributed by atoms with van der Waals surface area (Å²) in [5.41, 5.74) is 0.707. The van der Waals surface area contributed by atoms with Crippen LogP contribution in [0.4, 0.5) is 5.69 Å². The molecule has 0 unspecified atom stereocenters. The lowest BCUT2D eigenvalue weighted by Gasteiger charge is -2.20. The Hall–Kier alpha value is -2.74. The largest absolute Gasteiger partial charge is 0.350 e. The molecule has 0 aliphatic rings. The molecule has 0 saturated heterocycles. The van der Waals surface area contributed by atoms with E-state index in [0.29, 0.717) is 24.2 Å². The molecule has 1 aromatic carbocycles. The smallest absolute Gasteiger partial charge is 0.272 e. The second-order valence-corrected chi connectivity index (χ2v) is 6.47. The van der Waals surface area contributed by atoms with Crippen molar-refractivity contribution in [2.75, 3.05) is 13.1 Å². The lowest BCUT2D eigenvalue weighted by Crippen LogP contribution is -2.40. The zero-order valence-corrected chi connectivity index (χ0v) is 14.8. The van der Waals surface area contributed by atoms with Crippen molar-refractivity contribution >= 4 is 28.8 Å². The molecule has 25 heavy (non-hydrogen) atoms. The fourth-order valence-electron chi connectivity index (χ4n) is 2.33. The first-order valence-corrected chi connectivity index (χ1v) is 8.63. The van der Waals surface area contributed by atoms with E-state index in [2.05, 4.69) is 5.32 Å². The summed E-state index contributed by atoms with van der Waals surface area (Å²) in [6.07, 6.45) is 0. The van der Waals surface area contributed by atoms with Crippen LogP contribution < -0.4 is 5.32 Å². The second-order valence-electron chi connectivity index (χ2n) is 5.43. The summed E-state index contributed by atoms with van der Waals surface area (Å²) < 4.78 is 0. The number of thiophene rings is 1. The first-order chi connectivity index (χ1) is 11.9. The first kappa shape index (κ1) is 18.6. The second kappa shape index (κ2) is 8.39. The van der Waals surface area contributed by atoms with Crippen LogP contribution >= 0.6 is 11.3 Å². The molecule has 8 heteroatoms. The minimum Gasteiger partial charge on any atom is -0.350 e. The molecule has 0 fully saturated rings. The van der Waals surface area contributed by atoms with E-state index in [1.54, 1.807) is 25.2 Å². The number of nitrogens with one attached hydrogen (secondary N) is 1. The van der Waals surface area contributed by atoms with Crippen molar-refractivity contribution in [2.24, 2.45) is 0 Å². The Morgan fingerprint density at radius 3 is 2.64 bits per heavy atom. The van der Waals surface area contributed by atoms with Crippen LogP contribution in [0, 0.1) is 17.0 Å². The zero-order valence-electron chi connectivity index (χ0n) is 14.0. The molecular formula is C17H19N3O4S. The molecular weight excluding hydrogens is 342 g/mol. The van der Waals surface area contributed by atoms with Gasteiger partial charge in [0.1, 0.15) is 0 Å². The van der Waals surface area contributed by atoms with Gasteiger partial charge in [-0.05, 0) is 37.4 Å². The van der Waals surface area contributed by atoms with Gasteiger partial charge in [0, 0.05) is 28.6 Å². The van der Waals surface area contributed by atoms with Crippen molar-refractivity contribution in [3.05, 3.63) is 61.8 Å². The van der Waals surface area contributed by atoms with E-state index in [-0.39, 0.29) is 24.0 Å². The highest BCUT2D eigenvalue weighted by Gasteiger charge is 2.20. The summed E-state index contributed by atoms with van der Waals surface area (Å²) in [4.78, 5) is 37.4. The topological polar surface area (TPSA) is 92.6 Å². The standard InChI is InChI=1S/C17H19N3O4S/c1-3-19(11-16(21)18-10-14-5-4-8-25-14)17(22)13-6-7-15(20(23)24)12(2)9-13/h4-9H,3,10-11H2,1-2H3,(H,18,21). The molecule has 2 aromatic rings. The third kappa shape index (κ3) is 4.87. The number of rotatable bonds is 7. The highest BCUT2D eigenvalue weighted by molar-refractivity contribution is 7.09. The molecule has 132 valence electrons. The molecule has 0 atom stereocenters. The summed E-state index contributed by atoms with van der Waals surface area (Å²) in [6, 6.07) is 8.04. The summed E-state index contributed by atoms with van der Waals surface area (Å²) >= 11 is 1.55. The highest BCUT2D eigenvalue weighted by Crippen LogP contribution is 2.19. The molecule has 0 saturated carbocycles. The Morgan fingerprint density at radius 1 is 1.32 bits per heavy atom. The average Bonchev–Trinajstić information content (AvgIpc) is 3.10. The monoisotopic (exact) mass is 361 g/mol. The normalized spacial score (nSPS) is 10.3. The maximum absolute atomic E-state index is 12.6. The van der Waals surface area contributed by atoms with Crippen molar-refractivity contribution < 1.29 is 14.5 Å². The summed E-state index contributed by atoms with van der Waals surface area (Å²) in [6.45, 7) is 4.10. The number of carbonyl (C=O) groups is 2. The number of benzene rings is 1. The Bertz CT molecular complexity index is 774. The van der Waals surface area contributed by atoms with Crippen molar-refractivity contribution in [1.82, 2.24) is 10.2 Å². The van der Waals surface area contributed by atoms with E-state index in [9.17, 15) is 19.7 Å². The van der Waals surface area contributed by atoms with Gasteiger partial charge in [0.15, 0.2) is 0 Å². The van der Waals surface area contributed by atoms with E-state index in [4.69, 9.17) is 0 Å². The maximum Gasteiger partial charge on any atom is 0.272 e. The van der Waals surface area contributed by atoms with Crippen LogP contribution in [0.15, 0.2) is 35.7 Å². The third-order valence-corrected chi connectivity index (χ3v) is 4.56.